The number of thiophene rings is 1. The average molecular weight is 516 g/mol. The third-order valence-electron chi connectivity index (χ3n) is 4.52. The van der Waals surface area contributed by atoms with E-state index in [0.717, 1.165) is 63.6 Å². The Kier molecular flexibility index (Phi) is 10.4. The molecule has 0 saturated carbocycles. The van der Waals surface area contributed by atoms with Gasteiger partial charge in [-0.3, -0.25) is 9.79 Å². The smallest absolute Gasteiger partial charge is 0.222 e. The highest BCUT2D eigenvalue weighted by Gasteiger charge is 2.18. The number of halogens is 1. The lowest BCUT2D eigenvalue weighted by Gasteiger charge is -2.15. The maximum absolute atomic E-state index is 11.7. The van der Waals surface area contributed by atoms with Gasteiger partial charge in [-0.25, -0.2) is 0 Å². The monoisotopic (exact) mass is 516 g/mol. The minimum absolute atomic E-state index is 0. The molecule has 1 saturated heterocycles. The van der Waals surface area contributed by atoms with Crippen LogP contribution in [0.2, 0.25) is 0 Å². The molecule has 0 unspecified atom stereocenters. The number of nitrogens with zero attached hydrogens (tertiary/aromatic N) is 2. The van der Waals surface area contributed by atoms with Crippen molar-refractivity contribution in [3.05, 3.63) is 46.5 Å². The van der Waals surface area contributed by atoms with E-state index in [9.17, 15) is 4.79 Å². The predicted octanol–water partition coefficient (Wildman–Crippen LogP) is 3.29. The molecule has 154 valence electrons. The number of rotatable bonds is 10. The molecule has 28 heavy (non-hydrogen) atoms. The minimum atomic E-state index is 0. The van der Waals surface area contributed by atoms with Crippen LogP contribution in [0.1, 0.15) is 29.9 Å². The standard InChI is InChI=1S/C20H28N4O2S.HI/c25-19-7-1-13-24(19)14-4-10-21-20(22-11-8-17-5-2-15-26-17)23-12-9-18-6-3-16-27-18;/h2-3,5-6,15-16H,1,4,7-14H2,(H2,21,22,23);1H. The van der Waals surface area contributed by atoms with Crippen molar-refractivity contribution in [2.75, 3.05) is 32.7 Å². The Hall–Kier alpha value is -1.55. The van der Waals surface area contributed by atoms with Crippen molar-refractivity contribution in [1.29, 1.82) is 0 Å². The Morgan fingerprint density at radius 2 is 2.07 bits per heavy atom. The van der Waals surface area contributed by atoms with Crippen LogP contribution in [-0.4, -0.2) is 49.5 Å². The van der Waals surface area contributed by atoms with Crippen molar-refractivity contribution in [2.24, 2.45) is 4.99 Å². The van der Waals surface area contributed by atoms with Crippen molar-refractivity contribution >= 4 is 47.2 Å². The van der Waals surface area contributed by atoms with Gasteiger partial charge in [-0.2, -0.15) is 0 Å². The Labute approximate surface area is 187 Å². The lowest BCUT2D eigenvalue weighted by atomic mass is 10.3. The summed E-state index contributed by atoms with van der Waals surface area (Å²) in [6.07, 6.45) is 6.09. The fourth-order valence-corrected chi connectivity index (χ4v) is 3.79. The quantitative estimate of drug-likeness (QED) is 0.220. The average Bonchev–Trinajstić information content (AvgIpc) is 3.42. The third-order valence-corrected chi connectivity index (χ3v) is 5.45. The highest BCUT2D eigenvalue weighted by Crippen LogP contribution is 2.10. The van der Waals surface area contributed by atoms with E-state index in [2.05, 4.69) is 33.1 Å². The first-order valence-corrected chi connectivity index (χ1v) is 10.5. The van der Waals surface area contributed by atoms with E-state index in [-0.39, 0.29) is 29.9 Å². The van der Waals surface area contributed by atoms with Crippen LogP contribution in [0.15, 0.2) is 45.3 Å². The zero-order chi connectivity index (χ0) is 18.7. The molecule has 2 aromatic rings. The molecule has 0 radical (unpaired) electrons. The molecule has 1 aliphatic rings. The Bertz CT molecular complexity index is 662. The number of aliphatic imine (C=N–C) groups is 1. The summed E-state index contributed by atoms with van der Waals surface area (Å²) in [5.41, 5.74) is 0. The van der Waals surface area contributed by atoms with Crippen molar-refractivity contribution in [1.82, 2.24) is 15.5 Å². The number of hydrogen-bond donors (Lipinski definition) is 2. The fraction of sp³-hybridized carbons (Fsp3) is 0.500. The maximum Gasteiger partial charge on any atom is 0.222 e. The maximum atomic E-state index is 11.7. The molecular formula is C20H29IN4O2S. The molecule has 0 bridgehead atoms. The molecular weight excluding hydrogens is 487 g/mol. The number of carbonyl (C=O) groups excluding carboxylic acids is 1. The Morgan fingerprint density at radius 1 is 1.21 bits per heavy atom. The van der Waals surface area contributed by atoms with Gasteiger partial charge in [0.2, 0.25) is 5.91 Å². The molecule has 2 N–H and O–H groups in total. The first kappa shape index (κ1) is 22.7. The van der Waals surface area contributed by atoms with E-state index < -0.39 is 0 Å². The van der Waals surface area contributed by atoms with Gasteiger partial charge in [0.15, 0.2) is 5.96 Å². The van der Waals surface area contributed by atoms with Gasteiger partial charge in [0.25, 0.3) is 0 Å². The Balaban J connectivity index is 0.00000280. The predicted molar refractivity (Wildman–Crippen MR) is 125 cm³/mol. The molecule has 0 atom stereocenters. The largest absolute Gasteiger partial charge is 0.469 e. The van der Waals surface area contributed by atoms with Gasteiger partial charge in [-0.05, 0) is 42.8 Å². The summed E-state index contributed by atoms with van der Waals surface area (Å²) in [5, 5.41) is 8.89. The first-order chi connectivity index (χ1) is 13.3. The molecule has 1 amide bonds. The molecule has 1 aliphatic heterocycles. The van der Waals surface area contributed by atoms with Gasteiger partial charge < -0.3 is 20.0 Å². The second kappa shape index (κ2) is 12.8. The topological polar surface area (TPSA) is 69.9 Å². The highest BCUT2D eigenvalue weighted by atomic mass is 127. The van der Waals surface area contributed by atoms with Gasteiger partial charge in [-0.1, -0.05) is 6.07 Å². The van der Waals surface area contributed by atoms with Crippen LogP contribution in [0.5, 0.6) is 0 Å². The van der Waals surface area contributed by atoms with Crippen LogP contribution in [-0.2, 0) is 17.6 Å². The second-order valence-electron chi connectivity index (χ2n) is 6.58. The van der Waals surface area contributed by atoms with E-state index in [1.165, 1.54) is 4.88 Å². The highest BCUT2D eigenvalue weighted by molar-refractivity contribution is 14.0. The van der Waals surface area contributed by atoms with Crippen molar-refractivity contribution < 1.29 is 9.21 Å². The lowest BCUT2D eigenvalue weighted by Crippen LogP contribution is -2.39. The normalized spacial score (nSPS) is 14.2. The molecule has 3 heterocycles. The Morgan fingerprint density at radius 3 is 2.75 bits per heavy atom. The van der Waals surface area contributed by atoms with Gasteiger partial charge in [0.1, 0.15) is 5.76 Å². The van der Waals surface area contributed by atoms with Gasteiger partial charge in [-0.15, -0.1) is 35.3 Å². The summed E-state index contributed by atoms with van der Waals surface area (Å²) >= 11 is 1.78. The van der Waals surface area contributed by atoms with Crippen molar-refractivity contribution in [2.45, 2.75) is 32.1 Å². The molecule has 0 aliphatic carbocycles. The number of likely N-dealkylation sites (tertiary alicyclic amines) is 1. The zero-order valence-electron chi connectivity index (χ0n) is 16.1. The molecule has 2 aromatic heterocycles. The summed E-state index contributed by atoms with van der Waals surface area (Å²) in [4.78, 5) is 19.7. The van der Waals surface area contributed by atoms with E-state index in [4.69, 9.17) is 4.42 Å². The van der Waals surface area contributed by atoms with Crippen LogP contribution < -0.4 is 10.6 Å². The van der Waals surface area contributed by atoms with Crippen LogP contribution in [0, 0.1) is 0 Å². The van der Waals surface area contributed by atoms with E-state index >= 15 is 0 Å². The molecule has 1 fully saturated rings. The van der Waals surface area contributed by atoms with E-state index in [1.807, 2.05) is 17.0 Å². The van der Waals surface area contributed by atoms with Crippen molar-refractivity contribution in [3.8, 4) is 0 Å². The van der Waals surface area contributed by atoms with E-state index in [1.54, 1.807) is 17.6 Å². The van der Waals surface area contributed by atoms with Gasteiger partial charge in [0, 0.05) is 50.4 Å². The summed E-state index contributed by atoms with van der Waals surface area (Å²) < 4.78 is 5.37. The number of carbonyl (C=O) groups is 1. The molecule has 3 rings (SSSR count). The third kappa shape index (κ3) is 7.83. The summed E-state index contributed by atoms with van der Waals surface area (Å²) in [6.45, 7) is 4.02. The number of hydrogen-bond acceptors (Lipinski definition) is 4. The van der Waals surface area contributed by atoms with E-state index in [0.29, 0.717) is 13.0 Å². The molecule has 6 nitrogen and oxygen atoms in total. The fourth-order valence-electron chi connectivity index (χ4n) is 3.09. The number of guanidine groups is 1. The van der Waals surface area contributed by atoms with Crippen molar-refractivity contribution in [3.63, 3.8) is 0 Å². The van der Waals surface area contributed by atoms with Crippen LogP contribution in [0.4, 0.5) is 0 Å². The summed E-state index contributed by atoms with van der Waals surface area (Å²) in [7, 11) is 0. The number of furan rings is 1. The summed E-state index contributed by atoms with van der Waals surface area (Å²) in [6, 6.07) is 8.12. The SMILES string of the molecule is I.O=C1CCCN1CCCN=C(NCCc1ccco1)NCCc1cccs1. The second-order valence-corrected chi connectivity index (χ2v) is 7.61. The number of nitrogens with one attached hydrogen (secondary N) is 2. The molecule has 0 spiro atoms. The summed E-state index contributed by atoms with van der Waals surface area (Å²) in [5.74, 6) is 2.07. The van der Waals surface area contributed by atoms with Crippen LogP contribution in [0.3, 0.4) is 0 Å². The number of amides is 1. The molecule has 8 heteroatoms. The lowest BCUT2D eigenvalue weighted by molar-refractivity contribution is -0.127. The first-order valence-electron chi connectivity index (χ1n) is 9.66. The van der Waals surface area contributed by atoms with Crippen LogP contribution >= 0.6 is 35.3 Å². The van der Waals surface area contributed by atoms with Gasteiger partial charge in [0.05, 0.1) is 6.26 Å². The zero-order valence-corrected chi connectivity index (χ0v) is 19.2. The molecule has 0 aromatic carbocycles. The minimum Gasteiger partial charge on any atom is -0.469 e. The van der Waals surface area contributed by atoms with Crippen LogP contribution in [0.25, 0.3) is 0 Å². The van der Waals surface area contributed by atoms with Gasteiger partial charge >= 0.3 is 0 Å².